The zero-order valence-electron chi connectivity index (χ0n) is 14.3. The molecule has 1 aliphatic heterocycles. The van der Waals surface area contributed by atoms with E-state index < -0.39 is 22.5 Å². The molecule has 1 aromatic rings. The molecule has 25 heavy (non-hydrogen) atoms. The number of amides is 1. The van der Waals surface area contributed by atoms with Crippen molar-refractivity contribution in [2.24, 2.45) is 5.92 Å². The van der Waals surface area contributed by atoms with Crippen molar-refractivity contribution < 1.29 is 23.1 Å². The molecule has 0 spiro atoms. The molecule has 0 bridgehead atoms. The van der Waals surface area contributed by atoms with Gasteiger partial charge in [0.15, 0.2) is 0 Å². The van der Waals surface area contributed by atoms with Crippen LogP contribution in [0.5, 0.6) is 0 Å². The van der Waals surface area contributed by atoms with E-state index in [1.165, 1.54) is 13.1 Å². The Morgan fingerprint density at radius 2 is 2.00 bits per heavy atom. The van der Waals surface area contributed by atoms with Crippen LogP contribution in [-0.4, -0.2) is 49.3 Å². The quantitative estimate of drug-likeness (QED) is 0.851. The summed E-state index contributed by atoms with van der Waals surface area (Å²) in [5.74, 6) is -1.01. The number of nitrogens with zero attached hydrogens (tertiary/aromatic N) is 2. The van der Waals surface area contributed by atoms with E-state index in [0.717, 1.165) is 34.8 Å². The highest BCUT2D eigenvalue weighted by Gasteiger charge is 2.37. The van der Waals surface area contributed by atoms with Gasteiger partial charge in [0, 0.05) is 24.7 Å². The normalized spacial score (nSPS) is 20.4. The molecule has 3 rings (SSSR count). The Labute approximate surface area is 147 Å². The molecule has 1 fully saturated rings. The van der Waals surface area contributed by atoms with Crippen molar-refractivity contribution in [2.45, 2.75) is 43.5 Å². The van der Waals surface area contributed by atoms with Gasteiger partial charge < -0.3 is 10.0 Å². The van der Waals surface area contributed by atoms with Crippen LogP contribution in [0.1, 0.15) is 31.7 Å². The first-order valence-electron chi connectivity index (χ1n) is 8.36. The van der Waals surface area contributed by atoms with Crippen LogP contribution in [0, 0.1) is 5.92 Å². The fourth-order valence-electron chi connectivity index (χ4n) is 3.41. The average molecular weight is 366 g/mol. The Morgan fingerprint density at radius 1 is 1.32 bits per heavy atom. The third-order valence-corrected chi connectivity index (χ3v) is 6.82. The highest BCUT2D eigenvalue weighted by Crippen LogP contribution is 2.38. The lowest BCUT2D eigenvalue weighted by molar-refractivity contribution is -0.137. The first-order valence-corrected chi connectivity index (χ1v) is 9.80. The zero-order chi connectivity index (χ0) is 18.4. The Morgan fingerprint density at radius 3 is 2.56 bits per heavy atom. The highest BCUT2D eigenvalue weighted by atomic mass is 32.2. The average Bonchev–Trinajstić information content (AvgIpc) is 2.79. The number of benzene rings is 1. The van der Waals surface area contributed by atoms with Gasteiger partial charge in [-0.1, -0.05) is 6.42 Å². The lowest BCUT2D eigenvalue weighted by Crippen LogP contribution is -2.42. The Balaban J connectivity index is 1.89. The van der Waals surface area contributed by atoms with Crippen LogP contribution in [0.4, 0.5) is 5.69 Å². The Kier molecular flexibility index (Phi) is 4.59. The van der Waals surface area contributed by atoms with Crippen LogP contribution in [0.2, 0.25) is 0 Å². The number of fused-ring (bicyclic) bond motifs is 1. The van der Waals surface area contributed by atoms with E-state index in [-0.39, 0.29) is 22.8 Å². The minimum atomic E-state index is -3.87. The van der Waals surface area contributed by atoms with Gasteiger partial charge in [-0.25, -0.2) is 8.42 Å². The van der Waals surface area contributed by atoms with Gasteiger partial charge in [-0.2, -0.15) is 4.31 Å². The number of likely N-dealkylation sites (N-methyl/N-ethyl adjacent to an activating group) is 1. The number of rotatable bonds is 5. The molecular formula is C17H22N2O5S. The van der Waals surface area contributed by atoms with Gasteiger partial charge in [-0.05, 0) is 49.9 Å². The van der Waals surface area contributed by atoms with Gasteiger partial charge in [0.2, 0.25) is 15.9 Å². The number of carbonyl (C=O) groups excluding carboxylic acids is 1. The molecule has 0 radical (unpaired) electrons. The summed E-state index contributed by atoms with van der Waals surface area (Å²) >= 11 is 0. The lowest BCUT2D eigenvalue weighted by Gasteiger charge is -2.32. The van der Waals surface area contributed by atoms with E-state index in [1.807, 2.05) is 6.92 Å². The summed E-state index contributed by atoms with van der Waals surface area (Å²) in [6.45, 7) is 1.36. The van der Waals surface area contributed by atoms with Crippen molar-refractivity contribution in [3.05, 3.63) is 23.8 Å². The molecule has 0 unspecified atom stereocenters. The van der Waals surface area contributed by atoms with Crippen LogP contribution in [0.25, 0.3) is 0 Å². The van der Waals surface area contributed by atoms with Crippen molar-refractivity contribution in [3.63, 3.8) is 0 Å². The molecule has 1 aliphatic carbocycles. The number of carboxylic acid groups (broad SMARTS) is 1. The van der Waals surface area contributed by atoms with Crippen LogP contribution < -0.4 is 4.90 Å². The van der Waals surface area contributed by atoms with E-state index in [0.29, 0.717) is 6.42 Å². The largest absolute Gasteiger partial charge is 0.480 e. The maximum Gasteiger partial charge on any atom is 0.318 e. The maximum absolute atomic E-state index is 12.6. The van der Waals surface area contributed by atoms with Crippen LogP contribution in [0.15, 0.2) is 23.1 Å². The van der Waals surface area contributed by atoms with Gasteiger partial charge >= 0.3 is 5.97 Å². The topological polar surface area (TPSA) is 95.0 Å². The van der Waals surface area contributed by atoms with Crippen molar-refractivity contribution in [1.29, 1.82) is 0 Å². The van der Waals surface area contributed by atoms with Gasteiger partial charge in [0.1, 0.15) is 6.54 Å². The van der Waals surface area contributed by atoms with Crippen molar-refractivity contribution in [1.82, 2.24) is 4.31 Å². The molecule has 0 saturated heterocycles. The second-order valence-corrected chi connectivity index (χ2v) is 8.88. The molecule has 136 valence electrons. The van der Waals surface area contributed by atoms with Crippen LogP contribution >= 0.6 is 0 Å². The molecule has 1 amide bonds. The van der Waals surface area contributed by atoms with Gasteiger partial charge in [-0.15, -0.1) is 0 Å². The summed E-state index contributed by atoms with van der Waals surface area (Å²) in [6.07, 6.45) is 3.52. The first kappa shape index (κ1) is 17.9. The van der Waals surface area contributed by atoms with Gasteiger partial charge in [0.25, 0.3) is 0 Å². The number of carboxylic acids is 1. The van der Waals surface area contributed by atoms with E-state index in [4.69, 9.17) is 5.11 Å². The van der Waals surface area contributed by atoms with Crippen LogP contribution in [-0.2, 0) is 26.0 Å². The molecule has 1 saturated carbocycles. The third-order valence-electron chi connectivity index (χ3n) is 5.02. The number of anilines is 1. The van der Waals surface area contributed by atoms with E-state index >= 15 is 0 Å². The minimum Gasteiger partial charge on any atom is -0.480 e. The lowest BCUT2D eigenvalue weighted by atomic mass is 9.84. The molecule has 1 N–H and O–H groups in total. The van der Waals surface area contributed by atoms with Crippen molar-refractivity contribution in [2.75, 3.05) is 18.5 Å². The minimum absolute atomic E-state index is 0.00203. The molecule has 1 aromatic carbocycles. The number of aliphatic carboxylic acids is 1. The molecule has 1 atom stereocenters. The Hall–Kier alpha value is -1.93. The maximum atomic E-state index is 12.6. The van der Waals surface area contributed by atoms with Crippen molar-refractivity contribution >= 4 is 27.6 Å². The first-order chi connectivity index (χ1) is 11.7. The highest BCUT2D eigenvalue weighted by molar-refractivity contribution is 7.89. The summed E-state index contributed by atoms with van der Waals surface area (Å²) < 4.78 is 25.8. The SMILES string of the molecule is C[C@H]1Cc2cc(S(=O)(=O)N(C)CC(=O)O)ccc2N1C(=O)C1CCC1. The number of carbonyl (C=O) groups is 2. The van der Waals surface area contributed by atoms with E-state index in [9.17, 15) is 18.0 Å². The summed E-state index contributed by atoms with van der Waals surface area (Å²) in [6, 6.07) is 4.67. The number of hydrogen-bond acceptors (Lipinski definition) is 4. The van der Waals surface area contributed by atoms with E-state index in [1.54, 1.807) is 17.0 Å². The predicted molar refractivity (Wildman–Crippen MR) is 91.9 cm³/mol. The fourth-order valence-corrected chi connectivity index (χ4v) is 4.58. The standard InChI is InChI=1S/C17H22N2O5S/c1-11-8-13-9-14(25(23,24)18(2)10-16(20)21)6-7-15(13)19(11)17(22)12-4-3-5-12/h6-7,9,11-12H,3-5,8,10H2,1-2H3,(H,20,21)/t11-/m0/s1. The zero-order valence-corrected chi connectivity index (χ0v) is 15.1. The molecule has 8 heteroatoms. The predicted octanol–water partition coefficient (Wildman–Crippen LogP) is 1.47. The third kappa shape index (κ3) is 3.16. The van der Waals surface area contributed by atoms with Crippen LogP contribution in [0.3, 0.4) is 0 Å². The molecule has 7 nitrogen and oxygen atoms in total. The Bertz CT molecular complexity index is 816. The summed E-state index contributed by atoms with van der Waals surface area (Å²) in [5.41, 5.74) is 1.58. The summed E-state index contributed by atoms with van der Waals surface area (Å²) in [7, 11) is -2.63. The second kappa shape index (κ2) is 6.42. The molecule has 2 aliphatic rings. The molecule has 0 aromatic heterocycles. The van der Waals surface area contributed by atoms with E-state index in [2.05, 4.69) is 0 Å². The fraction of sp³-hybridized carbons (Fsp3) is 0.529. The van der Waals surface area contributed by atoms with Crippen molar-refractivity contribution in [3.8, 4) is 0 Å². The number of sulfonamides is 1. The second-order valence-electron chi connectivity index (χ2n) is 6.83. The monoisotopic (exact) mass is 366 g/mol. The smallest absolute Gasteiger partial charge is 0.318 e. The summed E-state index contributed by atoms with van der Waals surface area (Å²) in [5, 5.41) is 8.81. The number of hydrogen-bond donors (Lipinski definition) is 1. The van der Waals surface area contributed by atoms with Gasteiger partial charge in [0.05, 0.1) is 4.90 Å². The molecule has 1 heterocycles. The summed E-state index contributed by atoms with van der Waals surface area (Å²) in [4.78, 5) is 25.3. The molecular weight excluding hydrogens is 344 g/mol. The van der Waals surface area contributed by atoms with Gasteiger partial charge in [-0.3, -0.25) is 9.59 Å².